The van der Waals surface area contributed by atoms with Crippen molar-refractivity contribution in [2.45, 2.75) is 52.6 Å². The average Bonchev–Trinajstić information content (AvgIpc) is 3.26. The van der Waals surface area contributed by atoms with E-state index in [-0.39, 0.29) is 11.4 Å². The number of benzene rings is 2. The fourth-order valence-electron chi connectivity index (χ4n) is 4.05. The van der Waals surface area contributed by atoms with Gasteiger partial charge in [-0.1, -0.05) is 65.4 Å². The monoisotopic (exact) mass is 488 g/mol. The normalized spacial score (nSPS) is 15.3. The average molecular weight is 489 g/mol. The summed E-state index contributed by atoms with van der Waals surface area (Å²) < 4.78 is 3.02. The summed E-state index contributed by atoms with van der Waals surface area (Å²) in [7, 11) is 0. The van der Waals surface area contributed by atoms with Crippen molar-refractivity contribution in [3.8, 4) is 6.01 Å². The van der Waals surface area contributed by atoms with Gasteiger partial charge in [0.15, 0.2) is 5.70 Å². The summed E-state index contributed by atoms with van der Waals surface area (Å²) in [5.41, 5.74) is -1.06. The van der Waals surface area contributed by atoms with Crippen molar-refractivity contribution in [1.29, 1.82) is 0 Å². The van der Waals surface area contributed by atoms with Crippen LogP contribution in [-0.2, 0) is 5.54 Å². The molecule has 0 radical (unpaired) electrons. The fraction of sp³-hybridized carbons (Fsp3) is 0.308. The molecule has 1 aromatic heterocycles. The zero-order valence-electron chi connectivity index (χ0n) is 21.1. The molecule has 10 nitrogen and oxygen atoms in total. The first kappa shape index (κ1) is 24.8. The number of urea groups is 2. The molecule has 0 N–H and O–H groups in total. The fourth-order valence-corrected chi connectivity index (χ4v) is 4.05. The van der Waals surface area contributed by atoms with Crippen molar-refractivity contribution in [3.63, 3.8) is 0 Å². The van der Waals surface area contributed by atoms with Gasteiger partial charge in [0.25, 0.3) is 0 Å². The smallest absolute Gasteiger partial charge is 0.529 e. The highest BCUT2D eigenvalue weighted by Crippen LogP contribution is 2.33. The maximum absolute atomic E-state index is 13.6. The quantitative estimate of drug-likeness (QED) is 0.406. The minimum absolute atomic E-state index is 0.146. The molecule has 1 aliphatic rings. The Morgan fingerprint density at radius 1 is 0.806 bits per heavy atom. The second kappa shape index (κ2) is 8.71. The Kier molecular flexibility index (Phi) is 5.99. The van der Waals surface area contributed by atoms with E-state index in [0.717, 1.165) is 18.8 Å². The third-order valence-electron chi connectivity index (χ3n) is 5.58. The molecule has 1 aliphatic heterocycles. The van der Waals surface area contributed by atoms with Gasteiger partial charge >= 0.3 is 17.8 Å². The van der Waals surface area contributed by atoms with Crippen LogP contribution in [-0.4, -0.2) is 41.5 Å². The molecule has 10 heteroatoms. The van der Waals surface area contributed by atoms with E-state index >= 15 is 0 Å². The van der Waals surface area contributed by atoms with E-state index in [1.165, 1.54) is 0 Å². The lowest BCUT2D eigenvalue weighted by molar-refractivity contribution is -0.392. The number of nitrogens with zero attached hydrogens (tertiary/aromatic N) is 6. The highest BCUT2D eigenvalue weighted by Gasteiger charge is 2.52. The van der Waals surface area contributed by atoms with Crippen LogP contribution in [0.3, 0.4) is 0 Å². The van der Waals surface area contributed by atoms with Crippen molar-refractivity contribution in [2.75, 3.05) is 0 Å². The van der Waals surface area contributed by atoms with Crippen molar-refractivity contribution < 1.29 is 19.4 Å². The van der Waals surface area contributed by atoms with Gasteiger partial charge in [-0.2, -0.15) is 14.6 Å². The number of aromatic nitrogens is 3. The van der Waals surface area contributed by atoms with Crippen molar-refractivity contribution in [3.05, 3.63) is 82.3 Å². The van der Waals surface area contributed by atoms with Gasteiger partial charge in [0.2, 0.25) is 0 Å². The first-order chi connectivity index (χ1) is 16.8. The Labute approximate surface area is 208 Å². The Balaban J connectivity index is 2.14. The second-order valence-electron chi connectivity index (χ2n) is 10.4. The molecule has 0 saturated carbocycles. The Morgan fingerprint density at radius 2 is 1.33 bits per heavy atom. The highest BCUT2D eigenvalue weighted by molar-refractivity contribution is 5.98. The first-order valence-corrected chi connectivity index (χ1v) is 11.5. The van der Waals surface area contributed by atoms with E-state index in [1.54, 1.807) is 102 Å². The predicted octanol–water partition coefficient (Wildman–Crippen LogP) is 4.07. The minimum Gasteiger partial charge on any atom is -0.844 e. The summed E-state index contributed by atoms with van der Waals surface area (Å²) in [6, 6.07) is 15.4. The number of imide groups is 1. The third-order valence-corrected chi connectivity index (χ3v) is 5.58. The molecule has 4 amide bonds. The van der Waals surface area contributed by atoms with Crippen LogP contribution in [0.5, 0.6) is 6.01 Å². The lowest BCUT2D eigenvalue weighted by Gasteiger charge is -2.22. The maximum atomic E-state index is 13.6. The molecule has 2 heterocycles. The second-order valence-corrected chi connectivity index (χ2v) is 10.4. The highest BCUT2D eigenvalue weighted by atomic mass is 16.3. The number of rotatable bonds is 4. The van der Waals surface area contributed by atoms with Crippen LogP contribution in [0, 0.1) is 0 Å². The van der Waals surface area contributed by atoms with E-state index in [4.69, 9.17) is 0 Å². The molecule has 186 valence electrons. The van der Waals surface area contributed by atoms with Gasteiger partial charge < -0.3 is 5.11 Å². The molecule has 3 aromatic rings. The van der Waals surface area contributed by atoms with Crippen LogP contribution in [0.15, 0.2) is 70.6 Å². The van der Waals surface area contributed by atoms with Gasteiger partial charge in [-0.05, 0) is 41.5 Å². The van der Waals surface area contributed by atoms with E-state index in [0.29, 0.717) is 11.1 Å². The van der Waals surface area contributed by atoms with Crippen LogP contribution in [0.2, 0.25) is 0 Å². The number of carbonyl (C=O) groups is 2. The van der Waals surface area contributed by atoms with E-state index in [2.05, 4.69) is 10.2 Å². The number of hydrogen-bond donors (Lipinski definition) is 0. The molecule has 0 spiro atoms. The van der Waals surface area contributed by atoms with Gasteiger partial charge in [-0.15, -0.1) is 4.90 Å². The van der Waals surface area contributed by atoms with Crippen LogP contribution >= 0.6 is 0 Å². The lowest BCUT2D eigenvalue weighted by atomic mass is 10.0. The van der Waals surface area contributed by atoms with Gasteiger partial charge in [0.1, 0.15) is 11.2 Å². The zero-order valence-corrected chi connectivity index (χ0v) is 21.1. The van der Waals surface area contributed by atoms with E-state index < -0.39 is 34.8 Å². The lowest BCUT2D eigenvalue weighted by Crippen LogP contribution is -2.46. The summed E-state index contributed by atoms with van der Waals surface area (Å²) in [6.45, 7) is 10.4. The topological polar surface area (TPSA) is 116 Å². The number of hydrogen-bond acceptors (Lipinski definition) is 5. The Morgan fingerprint density at radius 3 is 1.78 bits per heavy atom. The van der Waals surface area contributed by atoms with E-state index in [9.17, 15) is 19.5 Å². The molecular weight excluding hydrogens is 460 g/mol. The zero-order chi connectivity index (χ0) is 26.4. The Bertz CT molecular complexity index is 1450. The van der Waals surface area contributed by atoms with Gasteiger partial charge in [0.05, 0.1) is 6.01 Å². The minimum atomic E-state index is -0.839. The van der Waals surface area contributed by atoms with Crippen molar-refractivity contribution in [2.24, 2.45) is 5.11 Å². The largest absolute Gasteiger partial charge is 0.844 e. The summed E-state index contributed by atoms with van der Waals surface area (Å²) in [6.07, 6.45) is 0. The molecule has 2 aromatic carbocycles. The molecule has 0 bridgehead atoms. The van der Waals surface area contributed by atoms with Crippen LogP contribution in [0.25, 0.3) is 11.4 Å². The van der Waals surface area contributed by atoms with Gasteiger partial charge in [-0.3, -0.25) is 4.57 Å². The summed E-state index contributed by atoms with van der Waals surface area (Å²) in [4.78, 5) is 41.1. The van der Waals surface area contributed by atoms with Crippen LogP contribution in [0.4, 0.5) is 9.59 Å². The Hall–Kier alpha value is -4.34. The summed E-state index contributed by atoms with van der Waals surface area (Å²) >= 11 is 0. The number of amides is 4. The molecule has 0 atom stereocenters. The predicted molar refractivity (Wildman–Crippen MR) is 131 cm³/mol. The maximum Gasteiger partial charge on any atom is 0.529 e. The molecule has 36 heavy (non-hydrogen) atoms. The SMILES string of the molecule is CC(C)(C)N1C(=O)N=[N+](/C(=C(\c2ccccc2)n2nc([O-])n(C(C)(C)C)c2=O)c2ccccc2)C1=O. The van der Waals surface area contributed by atoms with Gasteiger partial charge in [0, 0.05) is 21.8 Å². The number of azo groups is 2. The van der Waals surface area contributed by atoms with E-state index in [1.807, 2.05) is 0 Å². The van der Waals surface area contributed by atoms with Gasteiger partial charge in [-0.25, -0.2) is 9.59 Å². The summed E-state index contributed by atoms with van der Waals surface area (Å²) in [5, 5.41) is 21.0. The van der Waals surface area contributed by atoms with Crippen LogP contribution < -0.4 is 10.8 Å². The van der Waals surface area contributed by atoms with Crippen molar-refractivity contribution >= 4 is 23.5 Å². The molecule has 0 unspecified atom stereocenters. The third kappa shape index (κ3) is 4.26. The molecular formula is C26H28N6O4. The van der Waals surface area contributed by atoms with Crippen molar-refractivity contribution in [1.82, 2.24) is 19.2 Å². The molecule has 0 aliphatic carbocycles. The molecule has 4 rings (SSSR count). The summed E-state index contributed by atoms with van der Waals surface area (Å²) in [5.74, 6) is 0. The standard InChI is InChI=1S/C26H28N6O4/c1-25(2,3)29-21(33)27-31(23(29)35)19(17-13-9-7-10-14-17)20(18-15-11-8-12-16-18)32-24(36)30(22(34)28-32)26(4,5)6/h7-16H,1-6H3/b20-19+. The number of carbonyl (C=O) groups excluding carboxylic acids is 2. The molecule has 0 fully saturated rings. The molecule has 0 saturated heterocycles. The first-order valence-electron chi connectivity index (χ1n) is 11.5. The van der Waals surface area contributed by atoms with Crippen LogP contribution in [0.1, 0.15) is 52.7 Å².